The molecule has 5 aromatic rings. The number of nitrogens with zero attached hydrogens (tertiary/aromatic N) is 5. The van der Waals surface area contributed by atoms with Crippen LogP contribution in [0.3, 0.4) is 0 Å². The van der Waals surface area contributed by atoms with Gasteiger partial charge in [0.05, 0.1) is 12.6 Å². The molecule has 0 saturated carbocycles. The Morgan fingerprint density at radius 2 is 1.76 bits per heavy atom. The maximum Gasteiger partial charge on any atom is 0.252 e. The van der Waals surface area contributed by atoms with E-state index in [0.717, 1.165) is 34.0 Å². The number of pyridine rings is 1. The Morgan fingerprint density at radius 3 is 2.51 bits per heavy atom. The molecule has 0 aliphatic heterocycles. The smallest absolute Gasteiger partial charge is 0.252 e. The van der Waals surface area contributed by atoms with Crippen molar-refractivity contribution in [2.75, 3.05) is 0 Å². The van der Waals surface area contributed by atoms with E-state index in [-0.39, 0.29) is 17.4 Å². The van der Waals surface area contributed by atoms with Crippen LogP contribution in [0.25, 0.3) is 10.9 Å². The number of rotatable bonds is 9. The summed E-state index contributed by atoms with van der Waals surface area (Å²) < 4.78 is 15.2. The minimum absolute atomic E-state index is 0.102. The average molecular weight is 497 g/mol. The van der Waals surface area contributed by atoms with Gasteiger partial charge in [-0.2, -0.15) is 0 Å². The summed E-state index contributed by atoms with van der Waals surface area (Å²) in [6, 6.07) is 24.4. The summed E-state index contributed by atoms with van der Waals surface area (Å²) >= 11 is 0. The number of aromatic amines is 1. The molecule has 1 unspecified atom stereocenters. The zero-order valence-corrected chi connectivity index (χ0v) is 20.9. The molecule has 37 heavy (non-hydrogen) atoms. The van der Waals surface area contributed by atoms with E-state index < -0.39 is 0 Å². The fourth-order valence-electron chi connectivity index (χ4n) is 4.73. The van der Waals surface area contributed by atoms with Crippen LogP contribution < -0.4 is 5.56 Å². The lowest BCUT2D eigenvalue weighted by Gasteiger charge is -2.30. The molecule has 0 amide bonds. The molecule has 3 aromatic carbocycles. The number of H-pyrrole nitrogens is 1. The van der Waals surface area contributed by atoms with E-state index in [1.165, 1.54) is 12.1 Å². The molecule has 8 heteroatoms. The summed E-state index contributed by atoms with van der Waals surface area (Å²) in [5, 5.41) is 13.6. The largest absolute Gasteiger partial charge is 0.322 e. The molecule has 1 N–H and O–H groups in total. The van der Waals surface area contributed by atoms with Crippen LogP contribution in [0.15, 0.2) is 83.7 Å². The number of aryl methyl sites for hydroxylation is 1. The van der Waals surface area contributed by atoms with Crippen LogP contribution in [0.4, 0.5) is 4.39 Å². The highest BCUT2D eigenvalue weighted by Gasteiger charge is 2.26. The minimum atomic E-state index is -0.281. The molecule has 188 valence electrons. The summed E-state index contributed by atoms with van der Waals surface area (Å²) in [5.74, 6) is 0.424. The van der Waals surface area contributed by atoms with Crippen LogP contribution in [0.5, 0.6) is 0 Å². The number of hydrogen-bond acceptors (Lipinski definition) is 5. The SMILES string of the molecule is CCC(c1nnnn1Cc1ccc(F)cc1)N(Cc1ccccc1)Cc1cc2cc(C)ccc2[nH]c1=O. The van der Waals surface area contributed by atoms with Crippen molar-refractivity contribution in [3.63, 3.8) is 0 Å². The van der Waals surface area contributed by atoms with Crippen LogP contribution in [0.1, 0.15) is 47.5 Å². The van der Waals surface area contributed by atoms with Crippen LogP contribution in [0.2, 0.25) is 0 Å². The first-order chi connectivity index (χ1) is 18.0. The van der Waals surface area contributed by atoms with Crippen molar-refractivity contribution in [1.82, 2.24) is 30.1 Å². The van der Waals surface area contributed by atoms with Crippen molar-refractivity contribution < 1.29 is 4.39 Å². The topological polar surface area (TPSA) is 79.7 Å². The average Bonchev–Trinajstić information content (AvgIpc) is 3.35. The first-order valence-electron chi connectivity index (χ1n) is 12.4. The molecule has 0 spiro atoms. The Labute approximate surface area is 214 Å². The van der Waals surface area contributed by atoms with Gasteiger partial charge in [0.25, 0.3) is 5.56 Å². The first-order valence-corrected chi connectivity index (χ1v) is 12.4. The summed E-state index contributed by atoms with van der Waals surface area (Å²) in [4.78, 5) is 18.4. The second kappa shape index (κ2) is 10.8. The van der Waals surface area contributed by atoms with Gasteiger partial charge in [-0.25, -0.2) is 9.07 Å². The monoisotopic (exact) mass is 496 g/mol. The number of nitrogens with one attached hydrogen (secondary N) is 1. The molecular weight excluding hydrogens is 467 g/mol. The molecular formula is C29H29FN6O. The van der Waals surface area contributed by atoms with Crippen LogP contribution in [-0.2, 0) is 19.6 Å². The van der Waals surface area contributed by atoms with Gasteiger partial charge in [-0.3, -0.25) is 9.69 Å². The zero-order chi connectivity index (χ0) is 25.8. The second-order valence-electron chi connectivity index (χ2n) is 9.35. The van der Waals surface area contributed by atoms with Gasteiger partial charge in [0.1, 0.15) is 5.82 Å². The molecule has 2 aromatic heterocycles. The highest BCUT2D eigenvalue weighted by molar-refractivity contribution is 5.79. The highest BCUT2D eigenvalue weighted by Crippen LogP contribution is 2.27. The fourth-order valence-corrected chi connectivity index (χ4v) is 4.73. The van der Waals surface area contributed by atoms with Crippen LogP contribution in [0, 0.1) is 12.7 Å². The number of fused-ring (bicyclic) bond motifs is 1. The molecule has 1 atom stereocenters. The van der Waals surface area contributed by atoms with Crippen LogP contribution >= 0.6 is 0 Å². The molecule has 0 aliphatic rings. The van der Waals surface area contributed by atoms with Gasteiger partial charge in [-0.1, -0.05) is 61.0 Å². The molecule has 7 nitrogen and oxygen atoms in total. The summed E-state index contributed by atoms with van der Waals surface area (Å²) in [6.07, 6.45) is 0.737. The normalized spacial score (nSPS) is 12.3. The third kappa shape index (κ3) is 5.65. The minimum Gasteiger partial charge on any atom is -0.322 e. The number of benzene rings is 3. The maximum atomic E-state index is 13.4. The predicted octanol–water partition coefficient (Wildman–Crippen LogP) is 5.16. The Morgan fingerprint density at radius 1 is 0.973 bits per heavy atom. The van der Waals surface area contributed by atoms with Crippen molar-refractivity contribution in [1.29, 1.82) is 0 Å². The third-order valence-corrected chi connectivity index (χ3v) is 6.61. The zero-order valence-electron chi connectivity index (χ0n) is 20.9. The lowest BCUT2D eigenvalue weighted by Crippen LogP contribution is -2.32. The second-order valence-corrected chi connectivity index (χ2v) is 9.35. The van der Waals surface area contributed by atoms with Gasteiger partial charge >= 0.3 is 0 Å². The standard InChI is InChI=1S/C29H29FN6O/c1-3-27(28-32-33-34-36(28)18-22-10-12-25(30)13-11-22)35(17-21-7-5-4-6-8-21)19-24-16-23-15-20(2)9-14-26(23)31-29(24)37/h4-16,27H,3,17-19H2,1-2H3,(H,31,37). The van der Waals surface area contributed by atoms with Gasteiger partial charge in [0, 0.05) is 24.2 Å². The number of aromatic nitrogens is 5. The molecule has 2 heterocycles. The van der Waals surface area contributed by atoms with E-state index in [2.05, 4.69) is 50.5 Å². The van der Waals surface area contributed by atoms with Crippen LogP contribution in [-0.4, -0.2) is 30.1 Å². The molecule has 0 fully saturated rings. The van der Waals surface area contributed by atoms with Gasteiger partial charge < -0.3 is 4.98 Å². The molecule has 5 rings (SSSR count). The van der Waals surface area contributed by atoms with E-state index in [9.17, 15) is 9.18 Å². The maximum absolute atomic E-state index is 13.4. The van der Waals surface area contributed by atoms with Gasteiger partial charge in [-0.15, -0.1) is 5.10 Å². The van der Waals surface area contributed by atoms with E-state index in [4.69, 9.17) is 0 Å². The van der Waals surface area contributed by atoms with Crippen molar-refractivity contribution in [3.8, 4) is 0 Å². The Balaban J connectivity index is 1.51. The van der Waals surface area contributed by atoms with Crippen molar-refractivity contribution >= 4 is 10.9 Å². The summed E-state index contributed by atoms with van der Waals surface area (Å²) in [5.41, 5.74) is 4.58. The Bertz CT molecular complexity index is 1540. The first kappa shape index (κ1) is 24.5. The quantitative estimate of drug-likeness (QED) is 0.305. The lowest BCUT2D eigenvalue weighted by molar-refractivity contribution is 0.161. The van der Waals surface area contributed by atoms with Gasteiger partial charge in [-0.05, 0) is 70.6 Å². The number of hydrogen-bond donors (Lipinski definition) is 1. The van der Waals surface area contributed by atoms with Crippen molar-refractivity contribution in [3.05, 3.63) is 123 Å². The van der Waals surface area contributed by atoms with E-state index in [1.807, 2.05) is 43.3 Å². The summed E-state index contributed by atoms with van der Waals surface area (Å²) in [7, 11) is 0. The van der Waals surface area contributed by atoms with E-state index in [0.29, 0.717) is 31.0 Å². The third-order valence-electron chi connectivity index (χ3n) is 6.61. The van der Waals surface area contributed by atoms with Gasteiger partial charge in [0.15, 0.2) is 5.82 Å². The fraction of sp³-hybridized carbons (Fsp3) is 0.241. The van der Waals surface area contributed by atoms with Gasteiger partial charge in [0.2, 0.25) is 0 Å². The molecule has 0 aliphatic carbocycles. The number of halogens is 1. The van der Waals surface area contributed by atoms with E-state index >= 15 is 0 Å². The Hall–Kier alpha value is -4.17. The highest BCUT2D eigenvalue weighted by atomic mass is 19.1. The summed E-state index contributed by atoms with van der Waals surface area (Å²) in [6.45, 7) is 5.60. The number of tetrazole rings is 1. The predicted molar refractivity (Wildman–Crippen MR) is 141 cm³/mol. The molecule has 0 saturated heterocycles. The lowest BCUT2D eigenvalue weighted by atomic mass is 10.1. The Kier molecular flexibility index (Phi) is 7.18. The van der Waals surface area contributed by atoms with E-state index in [1.54, 1.807) is 16.8 Å². The van der Waals surface area contributed by atoms with Crippen molar-refractivity contribution in [2.45, 2.75) is 45.9 Å². The van der Waals surface area contributed by atoms with Crippen molar-refractivity contribution in [2.24, 2.45) is 0 Å². The molecule has 0 bridgehead atoms. The molecule has 0 radical (unpaired) electrons.